The summed E-state index contributed by atoms with van der Waals surface area (Å²) in [5, 5.41) is 11.9. The number of carbonyl (C=O) groups is 1. The van der Waals surface area contributed by atoms with Crippen LogP contribution < -0.4 is 5.73 Å². The van der Waals surface area contributed by atoms with E-state index in [1.54, 1.807) is 4.90 Å². The number of amidine groups is 1. The first-order valence-corrected chi connectivity index (χ1v) is 6.84. The van der Waals surface area contributed by atoms with Crippen LogP contribution in [0.4, 0.5) is 0 Å². The maximum absolute atomic E-state index is 12.7. The summed E-state index contributed by atoms with van der Waals surface area (Å²) in [6.45, 7) is 4.49. The van der Waals surface area contributed by atoms with Crippen molar-refractivity contribution < 1.29 is 10.0 Å². The van der Waals surface area contributed by atoms with Crippen LogP contribution in [0.5, 0.6) is 0 Å². The van der Waals surface area contributed by atoms with Crippen LogP contribution in [0.1, 0.15) is 32.3 Å². The van der Waals surface area contributed by atoms with Crippen LogP contribution >= 0.6 is 0 Å². The number of oxime groups is 1. The standard InChI is InChI=1S/C15H21N3O2/c1-11(2)18(10-12-6-4-3-5-7-12)14(19)15(8-9-15)13(16)17-20/h3-7,11,20H,8-10H2,1-2H3,(H2,16,17). The average Bonchev–Trinajstić information content (AvgIpc) is 3.25. The molecule has 108 valence electrons. The molecule has 1 amide bonds. The molecule has 1 aromatic rings. The summed E-state index contributed by atoms with van der Waals surface area (Å²) in [7, 11) is 0. The SMILES string of the molecule is CC(C)N(Cc1ccccc1)C(=O)C1(/C(N)=N/O)CC1. The van der Waals surface area contributed by atoms with Crippen LogP contribution in [0.25, 0.3) is 0 Å². The molecule has 1 aromatic carbocycles. The number of nitrogens with zero attached hydrogens (tertiary/aromatic N) is 2. The van der Waals surface area contributed by atoms with Crippen LogP contribution in [0.3, 0.4) is 0 Å². The Morgan fingerprint density at radius 1 is 1.40 bits per heavy atom. The Morgan fingerprint density at radius 2 is 2.00 bits per heavy atom. The van der Waals surface area contributed by atoms with Gasteiger partial charge in [-0.1, -0.05) is 35.5 Å². The number of hydrogen-bond donors (Lipinski definition) is 2. The van der Waals surface area contributed by atoms with Crippen molar-refractivity contribution in [3.63, 3.8) is 0 Å². The fourth-order valence-corrected chi connectivity index (χ4v) is 2.34. The van der Waals surface area contributed by atoms with E-state index in [2.05, 4.69) is 5.16 Å². The third kappa shape index (κ3) is 2.61. The van der Waals surface area contributed by atoms with Gasteiger partial charge in [0.25, 0.3) is 0 Å². The van der Waals surface area contributed by atoms with Crippen molar-refractivity contribution in [3.05, 3.63) is 35.9 Å². The zero-order chi connectivity index (χ0) is 14.8. The zero-order valence-corrected chi connectivity index (χ0v) is 11.9. The Morgan fingerprint density at radius 3 is 2.45 bits per heavy atom. The number of hydrogen-bond acceptors (Lipinski definition) is 3. The van der Waals surface area contributed by atoms with Gasteiger partial charge in [0.2, 0.25) is 5.91 Å². The van der Waals surface area contributed by atoms with Gasteiger partial charge in [-0.3, -0.25) is 4.79 Å². The Labute approximate surface area is 119 Å². The number of nitrogens with two attached hydrogens (primary N) is 1. The maximum Gasteiger partial charge on any atom is 0.237 e. The van der Waals surface area contributed by atoms with E-state index in [0.29, 0.717) is 19.4 Å². The number of benzene rings is 1. The topological polar surface area (TPSA) is 78.9 Å². The molecule has 1 saturated carbocycles. The number of amides is 1. The van der Waals surface area contributed by atoms with Gasteiger partial charge in [0, 0.05) is 12.6 Å². The van der Waals surface area contributed by atoms with E-state index in [1.165, 1.54) is 0 Å². The van der Waals surface area contributed by atoms with Crippen molar-refractivity contribution in [2.45, 2.75) is 39.3 Å². The van der Waals surface area contributed by atoms with Crippen LogP contribution in [-0.4, -0.2) is 27.9 Å². The quantitative estimate of drug-likeness (QED) is 0.373. The third-order valence-electron chi connectivity index (χ3n) is 3.84. The van der Waals surface area contributed by atoms with Gasteiger partial charge in [0.05, 0.1) is 0 Å². The molecule has 5 heteroatoms. The van der Waals surface area contributed by atoms with Gasteiger partial charge in [-0.25, -0.2) is 0 Å². The molecule has 1 aliphatic rings. The van der Waals surface area contributed by atoms with Crippen LogP contribution in [0.15, 0.2) is 35.5 Å². The second kappa shape index (κ2) is 5.53. The van der Waals surface area contributed by atoms with E-state index >= 15 is 0 Å². The highest BCUT2D eigenvalue weighted by atomic mass is 16.4. The molecule has 0 aromatic heterocycles. The Hall–Kier alpha value is -2.04. The summed E-state index contributed by atoms with van der Waals surface area (Å²) in [4.78, 5) is 14.5. The first-order chi connectivity index (χ1) is 9.51. The molecule has 20 heavy (non-hydrogen) atoms. The average molecular weight is 275 g/mol. The zero-order valence-electron chi connectivity index (χ0n) is 11.9. The van der Waals surface area contributed by atoms with Crippen molar-refractivity contribution in [2.24, 2.45) is 16.3 Å². The summed E-state index contributed by atoms with van der Waals surface area (Å²) in [6, 6.07) is 9.90. The summed E-state index contributed by atoms with van der Waals surface area (Å²) in [5.41, 5.74) is 5.99. The molecule has 0 bridgehead atoms. The molecule has 0 radical (unpaired) electrons. The van der Waals surface area contributed by atoms with Crippen molar-refractivity contribution in [3.8, 4) is 0 Å². The molecule has 2 rings (SSSR count). The highest BCUT2D eigenvalue weighted by molar-refractivity contribution is 6.09. The Bertz CT molecular complexity index is 507. The summed E-state index contributed by atoms with van der Waals surface area (Å²) < 4.78 is 0. The van der Waals surface area contributed by atoms with E-state index in [-0.39, 0.29) is 17.8 Å². The van der Waals surface area contributed by atoms with Gasteiger partial charge in [0.1, 0.15) is 5.41 Å². The van der Waals surface area contributed by atoms with Gasteiger partial charge >= 0.3 is 0 Å². The van der Waals surface area contributed by atoms with Crippen LogP contribution in [0, 0.1) is 5.41 Å². The first-order valence-electron chi connectivity index (χ1n) is 6.84. The monoisotopic (exact) mass is 275 g/mol. The molecule has 5 nitrogen and oxygen atoms in total. The van der Waals surface area contributed by atoms with E-state index in [0.717, 1.165) is 5.56 Å². The summed E-state index contributed by atoms with van der Waals surface area (Å²) >= 11 is 0. The molecule has 0 atom stereocenters. The highest BCUT2D eigenvalue weighted by Crippen LogP contribution is 2.47. The minimum atomic E-state index is -0.784. The molecule has 0 unspecified atom stereocenters. The number of carbonyl (C=O) groups excluding carboxylic acids is 1. The molecular weight excluding hydrogens is 254 g/mol. The summed E-state index contributed by atoms with van der Waals surface area (Å²) in [6.07, 6.45) is 1.31. The van der Waals surface area contributed by atoms with Gasteiger partial charge < -0.3 is 15.8 Å². The molecule has 1 fully saturated rings. The second-order valence-electron chi connectivity index (χ2n) is 5.58. The van der Waals surface area contributed by atoms with Gasteiger partial charge in [-0.2, -0.15) is 0 Å². The molecule has 0 saturated heterocycles. The highest BCUT2D eigenvalue weighted by Gasteiger charge is 2.56. The van der Waals surface area contributed by atoms with Crippen LogP contribution in [-0.2, 0) is 11.3 Å². The minimum Gasteiger partial charge on any atom is -0.409 e. The predicted octanol–water partition coefficient (Wildman–Crippen LogP) is 1.95. The lowest BCUT2D eigenvalue weighted by atomic mass is 10.0. The largest absolute Gasteiger partial charge is 0.409 e. The van der Waals surface area contributed by atoms with Crippen molar-refractivity contribution in [2.75, 3.05) is 0 Å². The second-order valence-corrected chi connectivity index (χ2v) is 5.58. The third-order valence-corrected chi connectivity index (χ3v) is 3.84. The first kappa shape index (κ1) is 14.4. The van der Waals surface area contributed by atoms with E-state index in [1.807, 2.05) is 44.2 Å². The van der Waals surface area contributed by atoms with Gasteiger partial charge in [-0.05, 0) is 32.3 Å². The molecular formula is C15H21N3O2. The summed E-state index contributed by atoms with van der Waals surface area (Å²) in [5.74, 6) is -0.0205. The smallest absolute Gasteiger partial charge is 0.237 e. The van der Waals surface area contributed by atoms with Crippen molar-refractivity contribution in [1.29, 1.82) is 0 Å². The van der Waals surface area contributed by atoms with Crippen molar-refractivity contribution in [1.82, 2.24) is 4.90 Å². The molecule has 1 aliphatic carbocycles. The molecule has 3 N–H and O–H groups in total. The molecule has 0 aliphatic heterocycles. The van der Waals surface area contributed by atoms with E-state index in [9.17, 15) is 4.79 Å². The predicted molar refractivity (Wildman–Crippen MR) is 77.2 cm³/mol. The van der Waals surface area contributed by atoms with Crippen LogP contribution in [0.2, 0.25) is 0 Å². The fourth-order valence-electron chi connectivity index (χ4n) is 2.34. The van der Waals surface area contributed by atoms with Gasteiger partial charge in [0.15, 0.2) is 5.84 Å². The number of rotatable bonds is 5. The molecule has 0 heterocycles. The fraction of sp³-hybridized carbons (Fsp3) is 0.467. The van der Waals surface area contributed by atoms with E-state index in [4.69, 9.17) is 10.9 Å². The maximum atomic E-state index is 12.7. The lowest BCUT2D eigenvalue weighted by molar-refractivity contribution is -0.137. The lowest BCUT2D eigenvalue weighted by Crippen LogP contribution is -2.46. The van der Waals surface area contributed by atoms with Gasteiger partial charge in [-0.15, -0.1) is 0 Å². The van der Waals surface area contributed by atoms with E-state index < -0.39 is 5.41 Å². The minimum absolute atomic E-state index is 0.0289. The molecule has 0 spiro atoms. The Kier molecular flexibility index (Phi) is 3.97. The Balaban J connectivity index is 2.20. The van der Waals surface area contributed by atoms with Crippen molar-refractivity contribution >= 4 is 11.7 Å². The normalized spacial score (nSPS) is 17.1. The lowest BCUT2D eigenvalue weighted by Gasteiger charge is -2.30.